The fourth-order valence-corrected chi connectivity index (χ4v) is 2.23. The highest BCUT2D eigenvalue weighted by atomic mass is 19.1. The van der Waals surface area contributed by atoms with Gasteiger partial charge in [-0.25, -0.2) is 4.39 Å². The highest BCUT2D eigenvalue weighted by Gasteiger charge is 2.19. The number of benzene rings is 2. The average Bonchev–Trinajstić information content (AvgIpc) is 2.67. The third-order valence-corrected chi connectivity index (χ3v) is 3.60. The van der Waals surface area contributed by atoms with Crippen LogP contribution in [0.15, 0.2) is 48.5 Å². The van der Waals surface area contributed by atoms with Gasteiger partial charge in [0.2, 0.25) is 11.8 Å². The molecule has 0 saturated heterocycles. The predicted molar refractivity (Wildman–Crippen MR) is 97.3 cm³/mol. The molecule has 2 rings (SSSR count). The van der Waals surface area contributed by atoms with Crippen LogP contribution in [0.25, 0.3) is 0 Å². The van der Waals surface area contributed by atoms with E-state index < -0.39 is 0 Å². The second-order valence-electron chi connectivity index (χ2n) is 5.40. The van der Waals surface area contributed by atoms with E-state index in [0.29, 0.717) is 17.0 Å². The Morgan fingerprint density at radius 2 is 1.96 bits per heavy atom. The van der Waals surface area contributed by atoms with Crippen molar-refractivity contribution in [3.8, 4) is 18.1 Å². The van der Waals surface area contributed by atoms with E-state index in [1.54, 1.807) is 24.3 Å². The quantitative estimate of drug-likeness (QED) is 0.777. The SMILES string of the molecule is C#Cc1cccc(N(CC(=O)NC)C(=O)CCOc2ccc(F)cc2)c1. The first kappa shape index (κ1) is 19.0. The lowest BCUT2D eigenvalue weighted by atomic mass is 10.2. The third-order valence-electron chi connectivity index (χ3n) is 3.60. The van der Waals surface area contributed by atoms with E-state index in [0.717, 1.165) is 0 Å². The van der Waals surface area contributed by atoms with E-state index in [1.807, 2.05) is 0 Å². The molecule has 0 spiro atoms. The normalized spacial score (nSPS) is 9.88. The Hall–Kier alpha value is -3.33. The summed E-state index contributed by atoms with van der Waals surface area (Å²) in [6.45, 7) is -0.0244. The minimum atomic E-state index is -0.362. The van der Waals surface area contributed by atoms with Crippen LogP contribution in [0.1, 0.15) is 12.0 Å². The molecule has 0 heterocycles. The van der Waals surface area contributed by atoms with E-state index >= 15 is 0 Å². The summed E-state index contributed by atoms with van der Waals surface area (Å²) < 4.78 is 18.3. The van der Waals surface area contributed by atoms with Crippen LogP contribution in [0.2, 0.25) is 0 Å². The lowest BCUT2D eigenvalue weighted by Gasteiger charge is -2.22. The van der Waals surface area contributed by atoms with Gasteiger partial charge in [-0.3, -0.25) is 9.59 Å². The van der Waals surface area contributed by atoms with E-state index in [4.69, 9.17) is 11.2 Å². The zero-order valence-corrected chi connectivity index (χ0v) is 14.4. The summed E-state index contributed by atoms with van der Waals surface area (Å²) >= 11 is 0. The first-order valence-electron chi connectivity index (χ1n) is 7.99. The Morgan fingerprint density at radius 3 is 2.62 bits per heavy atom. The molecule has 0 fully saturated rings. The first-order valence-corrected chi connectivity index (χ1v) is 7.99. The molecule has 0 aromatic heterocycles. The molecule has 0 unspecified atom stereocenters. The maximum Gasteiger partial charge on any atom is 0.239 e. The summed E-state index contributed by atoms with van der Waals surface area (Å²) in [5.41, 5.74) is 1.15. The number of halogens is 1. The van der Waals surface area contributed by atoms with E-state index in [2.05, 4.69) is 11.2 Å². The van der Waals surface area contributed by atoms with Crippen LogP contribution in [0.5, 0.6) is 5.75 Å². The predicted octanol–water partition coefficient (Wildman–Crippen LogP) is 2.36. The number of nitrogens with one attached hydrogen (secondary N) is 1. The molecular weight excluding hydrogens is 335 g/mol. The van der Waals surface area contributed by atoms with Crippen molar-refractivity contribution in [2.24, 2.45) is 0 Å². The number of carbonyl (C=O) groups is 2. The fraction of sp³-hybridized carbons (Fsp3) is 0.200. The number of anilines is 1. The summed E-state index contributed by atoms with van der Waals surface area (Å²) in [6.07, 6.45) is 5.45. The summed E-state index contributed by atoms with van der Waals surface area (Å²) in [7, 11) is 1.50. The van der Waals surface area contributed by atoms with Crippen molar-refractivity contribution < 1.29 is 18.7 Å². The highest BCUT2D eigenvalue weighted by molar-refractivity contribution is 5.98. The summed E-state index contributed by atoms with van der Waals surface area (Å²) in [4.78, 5) is 25.7. The van der Waals surface area contributed by atoms with Crippen LogP contribution in [0.3, 0.4) is 0 Å². The number of nitrogens with zero attached hydrogens (tertiary/aromatic N) is 1. The molecule has 0 aliphatic carbocycles. The Balaban J connectivity index is 2.06. The van der Waals surface area contributed by atoms with Crippen molar-refractivity contribution in [3.05, 3.63) is 59.9 Å². The Morgan fingerprint density at radius 1 is 1.23 bits per heavy atom. The zero-order valence-electron chi connectivity index (χ0n) is 14.4. The van der Waals surface area contributed by atoms with Crippen molar-refractivity contribution in [1.82, 2.24) is 5.32 Å². The number of hydrogen-bond acceptors (Lipinski definition) is 3. The van der Waals surface area contributed by atoms with E-state index in [-0.39, 0.29) is 37.2 Å². The molecule has 0 atom stereocenters. The van der Waals surface area contributed by atoms with E-state index in [9.17, 15) is 14.0 Å². The van der Waals surface area contributed by atoms with Crippen LogP contribution in [0, 0.1) is 18.2 Å². The van der Waals surface area contributed by atoms with Crippen molar-refractivity contribution >= 4 is 17.5 Å². The molecule has 26 heavy (non-hydrogen) atoms. The van der Waals surface area contributed by atoms with E-state index in [1.165, 1.54) is 36.2 Å². The van der Waals surface area contributed by atoms with Gasteiger partial charge in [0, 0.05) is 18.3 Å². The Labute approximate surface area is 151 Å². The average molecular weight is 354 g/mol. The van der Waals surface area contributed by atoms with Gasteiger partial charge in [-0.1, -0.05) is 12.0 Å². The van der Waals surface area contributed by atoms with Gasteiger partial charge in [-0.15, -0.1) is 6.42 Å². The van der Waals surface area contributed by atoms with Crippen LogP contribution in [-0.4, -0.2) is 32.0 Å². The van der Waals surface area contributed by atoms with Gasteiger partial charge in [0.1, 0.15) is 18.1 Å². The molecule has 0 saturated carbocycles. The number of terminal acetylenes is 1. The number of likely N-dealkylation sites (N-methyl/N-ethyl adjacent to an activating group) is 1. The molecule has 0 bridgehead atoms. The van der Waals surface area contributed by atoms with Gasteiger partial charge in [0.25, 0.3) is 0 Å². The monoisotopic (exact) mass is 354 g/mol. The smallest absolute Gasteiger partial charge is 0.239 e. The molecule has 1 N–H and O–H groups in total. The molecule has 0 aliphatic heterocycles. The standard InChI is InChI=1S/C20H19FN2O3/c1-3-15-5-4-6-17(13-15)23(14-19(24)22-2)20(25)11-12-26-18-9-7-16(21)8-10-18/h1,4-10,13H,11-12,14H2,2H3,(H,22,24). The minimum absolute atomic E-state index is 0.0502. The van der Waals surface area contributed by atoms with Crippen LogP contribution >= 0.6 is 0 Å². The van der Waals surface area contributed by atoms with Crippen molar-refractivity contribution in [1.29, 1.82) is 0 Å². The maximum absolute atomic E-state index is 12.9. The zero-order chi connectivity index (χ0) is 18.9. The van der Waals surface area contributed by atoms with Crippen molar-refractivity contribution in [2.45, 2.75) is 6.42 Å². The van der Waals surface area contributed by atoms with Gasteiger partial charge in [0.05, 0.1) is 13.0 Å². The highest BCUT2D eigenvalue weighted by Crippen LogP contribution is 2.17. The lowest BCUT2D eigenvalue weighted by Crippen LogP contribution is -2.40. The maximum atomic E-state index is 12.9. The minimum Gasteiger partial charge on any atom is -0.493 e. The molecule has 2 aromatic rings. The van der Waals surface area contributed by atoms with Crippen molar-refractivity contribution in [2.75, 3.05) is 25.1 Å². The molecular formula is C20H19FN2O3. The fourth-order valence-electron chi connectivity index (χ4n) is 2.23. The van der Waals surface area contributed by atoms with Gasteiger partial charge in [0.15, 0.2) is 0 Å². The Kier molecular flexibility index (Phi) is 6.75. The van der Waals surface area contributed by atoms with Crippen LogP contribution in [-0.2, 0) is 9.59 Å². The van der Waals surface area contributed by atoms with Crippen molar-refractivity contribution in [3.63, 3.8) is 0 Å². The van der Waals surface area contributed by atoms with Gasteiger partial charge in [-0.05, 0) is 42.5 Å². The number of ether oxygens (including phenoxy) is 1. The number of rotatable bonds is 7. The topological polar surface area (TPSA) is 58.6 Å². The lowest BCUT2D eigenvalue weighted by molar-refractivity contribution is -0.123. The number of amides is 2. The molecule has 0 radical (unpaired) electrons. The molecule has 6 heteroatoms. The molecule has 2 amide bonds. The van der Waals surface area contributed by atoms with Crippen LogP contribution in [0.4, 0.5) is 10.1 Å². The van der Waals surface area contributed by atoms with Gasteiger partial charge in [-0.2, -0.15) is 0 Å². The molecule has 5 nitrogen and oxygen atoms in total. The first-order chi connectivity index (χ1) is 12.5. The third kappa shape index (κ3) is 5.35. The van der Waals surface area contributed by atoms with Crippen LogP contribution < -0.4 is 15.0 Å². The number of carbonyl (C=O) groups excluding carboxylic acids is 2. The summed E-state index contributed by atoms with van der Waals surface area (Å²) in [6, 6.07) is 12.4. The summed E-state index contributed by atoms with van der Waals surface area (Å²) in [5.74, 6) is 2.02. The van der Waals surface area contributed by atoms with Gasteiger partial charge >= 0.3 is 0 Å². The van der Waals surface area contributed by atoms with Gasteiger partial charge < -0.3 is 15.0 Å². The molecule has 2 aromatic carbocycles. The second kappa shape index (κ2) is 9.23. The summed E-state index contributed by atoms with van der Waals surface area (Å²) in [5, 5.41) is 2.50. The number of hydrogen-bond donors (Lipinski definition) is 1. The largest absolute Gasteiger partial charge is 0.493 e. The molecule has 134 valence electrons. The Bertz CT molecular complexity index is 813. The molecule has 0 aliphatic rings. The second-order valence-corrected chi connectivity index (χ2v) is 5.40.